The number of hydrogen-bond acceptors (Lipinski definition) is 3. The van der Waals surface area contributed by atoms with Crippen LogP contribution in [0.3, 0.4) is 0 Å². The van der Waals surface area contributed by atoms with E-state index in [2.05, 4.69) is 18.9 Å². The fraction of sp³-hybridized carbons (Fsp3) is 0.471. The van der Waals surface area contributed by atoms with Gasteiger partial charge in [-0.05, 0) is 44.9 Å². The van der Waals surface area contributed by atoms with E-state index in [1.54, 1.807) is 6.92 Å². The summed E-state index contributed by atoms with van der Waals surface area (Å²) in [5, 5.41) is 14.3. The van der Waals surface area contributed by atoms with Crippen LogP contribution in [0.15, 0.2) is 30.5 Å². The average Bonchev–Trinajstić information content (AvgIpc) is 2.93. The van der Waals surface area contributed by atoms with Crippen molar-refractivity contribution in [3.8, 4) is 5.75 Å². The van der Waals surface area contributed by atoms with Gasteiger partial charge in [-0.1, -0.05) is 19.1 Å². The molecule has 0 aliphatic carbocycles. The Labute approximate surface area is 126 Å². The molecular weight excluding hydrogens is 264 g/mol. The fourth-order valence-corrected chi connectivity index (χ4v) is 2.15. The largest absolute Gasteiger partial charge is 0.487 e. The molecule has 0 saturated carbocycles. The maximum absolute atomic E-state index is 9.80. The number of aliphatic hydroxyl groups is 1. The van der Waals surface area contributed by atoms with E-state index in [-0.39, 0.29) is 0 Å². The van der Waals surface area contributed by atoms with Crippen molar-refractivity contribution in [1.29, 1.82) is 0 Å². The Morgan fingerprint density at radius 3 is 2.71 bits per heavy atom. The molecule has 1 heterocycles. The van der Waals surface area contributed by atoms with Crippen molar-refractivity contribution in [2.75, 3.05) is 0 Å². The number of ether oxygens (including phenoxy) is 1. The van der Waals surface area contributed by atoms with Gasteiger partial charge < -0.3 is 9.84 Å². The third-order valence-corrected chi connectivity index (χ3v) is 3.70. The molecule has 0 aliphatic rings. The van der Waals surface area contributed by atoms with E-state index >= 15 is 0 Å². The van der Waals surface area contributed by atoms with Crippen molar-refractivity contribution >= 4 is 0 Å². The predicted octanol–water partition coefficient (Wildman–Crippen LogP) is 3.79. The number of rotatable bonds is 6. The van der Waals surface area contributed by atoms with Crippen molar-refractivity contribution in [2.45, 2.75) is 52.9 Å². The maximum Gasteiger partial charge on any atom is 0.132 e. The standard InChI is InChI=1S/C17H24N2O2/c1-5-13(3)19-9-8-15(18-19)11-21-17-10-12(2)6-7-16(17)14(4)20/h6-10,13-14,20H,5,11H2,1-4H3. The van der Waals surface area contributed by atoms with Gasteiger partial charge in [-0.2, -0.15) is 5.10 Å². The molecule has 114 valence electrons. The number of aliphatic hydroxyl groups excluding tert-OH is 1. The second kappa shape index (κ2) is 6.76. The van der Waals surface area contributed by atoms with E-state index in [1.807, 2.05) is 42.1 Å². The van der Waals surface area contributed by atoms with Gasteiger partial charge in [0.25, 0.3) is 0 Å². The molecule has 4 heteroatoms. The van der Waals surface area contributed by atoms with E-state index in [0.29, 0.717) is 12.6 Å². The summed E-state index contributed by atoms with van der Waals surface area (Å²) >= 11 is 0. The molecule has 1 N–H and O–H groups in total. The summed E-state index contributed by atoms with van der Waals surface area (Å²) in [5.74, 6) is 0.725. The fourth-order valence-electron chi connectivity index (χ4n) is 2.15. The normalized spacial score (nSPS) is 14.0. The van der Waals surface area contributed by atoms with Gasteiger partial charge in [0.1, 0.15) is 12.4 Å². The molecule has 0 aliphatic heterocycles. The number of aryl methyl sites for hydroxylation is 1. The van der Waals surface area contributed by atoms with Crippen LogP contribution in [0.25, 0.3) is 0 Å². The second-order valence-electron chi connectivity index (χ2n) is 5.55. The van der Waals surface area contributed by atoms with Crippen LogP contribution in [0.5, 0.6) is 5.75 Å². The molecule has 2 unspecified atom stereocenters. The topological polar surface area (TPSA) is 47.3 Å². The lowest BCUT2D eigenvalue weighted by molar-refractivity contribution is 0.189. The summed E-state index contributed by atoms with van der Waals surface area (Å²) in [4.78, 5) is 0. The highest BCUT2D eigenvalue weighted by molar-refractivity contribution is 5.38. The van der Waals surface area contributed by atoms with Gasteiger partial charge in [-0.25, -0.2) is 0 Å². The van der Waals surface area contributed by atoms with Gasteiger partial charge in [-0.15, -0.1) is 0 Å². The molecule has 0 saturated heterocycles. The molecule has 0 bridgehead atoms. The molecule has 2 aromatic rings. The first-order valence-corrected chi connectivity index (χ1v) is 7.46. The number of nitrogens with zero attached hydrogens (tertiary/aromatic N) is 2. The third-order valence-electron chi connectivity index (χ3n) is 3.70. The summed E-state index contributed by atoms with van der Waals surface area (Å²) < 4.78 is 7.82. The quantitative estimate of drug-likeness (QED) is 0.879. The Hall–Kier alpha value is -1.81. The van der Waals surface area contributed by atoms with Crippen LogP contribution < -0.4 is 4.74 Å². The summed E-state index contributed by atoms with van der Waals surface area (Å²) in [6.07, 6.45) is 2.49. The minimum Gasteiger partial charge on any atom is -0.487 e. The molecule has 0 amide bonds. The molecule has 2 rings (SSSR count). The Balaban J connectivity index is 2.09. The lowest BCUT2D eigenvalue weighted by Crippen LogP contribution is -2.06. The maximum atomic E-state index is 9.80. The summed E-state index contributed by atoms with van der Waals surface area (Å²) in [6, 6.07) is 8.21. The molecule has 0 fully saturated rings. The number of hydrogen-bond donors (Lipinski definition) is 1. The molecule has 0 radical (unpaired) electrons. The molecule has 0 spiro atoms. The van der Waals surface area contributed by atoms with Crippen LogP contribution in [0, 0.1) is 6.92 Å². The molecule has 2 atom stereocenters. The van der Waals surface area contributed by atoms with Crippen LogP contribution in [0.1, 0.15) is 56.2 Å². The smallest absolute Gasteiger partial charge is 0.132 e. The Morgan fingerprint density at radius 1 is 1.29 bits per heavy atom. The first kappa shape index (κ1) is 15.6. The van der Waals surface area contributed by atoms with Crippen LogP contribution in [-0.4, -0.2) is 14.9 Å². The molecule has 21 heavy (non-hydrogen) atoms. The zero-order valence-electron chi connectivity index (χ0n) is 13.2. The number of benzene rings is 1. The van der Waals surface area contributed by atoms with Gasteiger partial charge in [-0.3, -0.25) is 4.68 Å². The van der Waals surface area contributed by atoms with Crippen molar-refractivity contribution in [3.63, 3.8) is 0 Å². The monoisotopic (exact) mass is 288 g/mol. The second-order valence-corrected chi connectivity index (χ2v) is 5.55. The Morgan fingerprint density at radius 2 is 2.05 bits per heavy atom. The number of aromatic nitrogens is 2. The van der Waals surface area contributed by atoms with E-state index in [0.717, 1.165) is 29.0 Å². The predicted molar refractivity (Wildman–Crippen MR) is 83.4 cm³/mol. The van der Waals surface area contributed by atoms with Gasteiger partial charge in [0.2, 0.25) is 0 Å². The van der Waals surface area contributed by atoms with Gasteiger partial charge in [0.15, 0.2) is 0 Å². The highest BCUT2D eigenvalue weighted by Crippen LogP contribution is 2.27. The van der Waals surface area contributed by atoms with Crippen molar-refractivity contribution in [3.05, 3.63) is 47.3 Å². The van der Waals surface area contributed by atoms with Crippen molar-refractivity contribution < 1.29 is 9.84 Å². The molecular formula is C17H24N2O2. The average molecular weight is 288 g/mol. The lowest BCUT2D eigenvalue weighted by atomic mass is 10.1. The van der Waals surface area contributed by atoms with Crippen LogP contribution >= 0.6 is 0 Å². The van der Waals surface area contributed by atoms with Crippen molar-refractivity contribution in [2.24, 2.45) is 0 Å². The molecule has 1 aromatic carbocycles. The van der Waals surface area contributed by atoms with Gasteiger partial charge in [0.05, 0.1) is 11.8 Å². The van der Waals surface area contributed by atoms with E-state index in [9.17, 15) is 5.11 Å². The lowest BCUT2D eigenvalue weighted by Gasteiger charge is -2.13. The van der Waals surface area contributed by atoms with Crippen LogP contribution in [0.4, 0.5) is 0 Å². The molecule has 4 nitrogen and oxygen atoms in total. The van der Waals surface area contributed by atoms with Gasteiger partial charge in [0, 0.05) is 17.8 Å². The highest BCUT2D eigenvalue weighted by Gasteiger charge is 2.11. The zero-order valence-corrected chi connectivity index (χ0v) is 13.2. The van der Waals surface area contributed by atoms with E-state index in [1.165, 1.54) is 0 Å². The summed E-state index contributed by atoms with van der Waals surface area (Å²) in [7, 11) is 0. The van der Waals surface area contributed by atoms with Crippen molar-refractivity contribution in [1.82, 2.24) is 9.78 Å². The SMILES string of the molecule is CCC(C)n1ccc(COc2cc(C)ccc2C(C)O)n1. The van der Waals surface area contributed by atoms with Crippen LogP contribution in [0.2, 0.25) is 0 Å². The van der Waals surface area contributed by atoms with Gasteiger partial charge >= 0.3 is 0 Å². The first-order valence-electron chi connectivity index (χ1n) is 7.46. The van der Waals surface area contributed by atoms with E-state index < -0.39 is 6.10 Å². The zero-order chi connectivity index (χ0) is 15.4. The van der Waals surface area contributed by atoms with Crippen LogP contribution in [-0.2, 0) is 6.61 Å². The minimum atomic E-state index is -0.543. The highest BCUT2D eigenvalue weighted by atomic mass is 16.5. The summed E-state index contributed by atoms with van der Waals surface area (Å²) in [6.45, 7) is 8.45. The summed E-state index contributed by atoms with van der Waals surface area (Å²) in [5.41, 5.74) is 2.81. The minimum absolute atomic E-state index is 0.394. The first-order chi connectivity index (χ1) is 10.0. The Kier molecular flexibility index (Phi) is 5.02. The Bertz CT molecular complexity index is 590. The third kappa shape index (κ3) is 3.85. The van der Waals surface area contributed by atoms with E-state index in [4.69, 9.17) is 4.74 Å². The molecule has 1 aromatic heterocycles.